The van der Waals surface area contributed by atoms with E-state index >= 15 is 0 Å². The Morgan fingerprint density at radius 2 is 0.899 bits per heavy atom. The number of aldehydes is 2. The van der Waals surface area contributed by atoms with Crippen LogP contribution in [-0.2, 0) is 66.9 Å². The fourth-order valence-electron chi connectivity index (χ4n) is 6.71. The van der Waals surface area contributed by atoms with Crippen LogP contribution in [0.3, 0.4) is 0 Å². The number of ether oxygens (including phenoxy) is 4. The highest BCUT2D eigenvalue weighted by molar-refractivity contribution is 5.85. The predicted molar refractivity (Wildman–Crippen MR) is 248 cm³/mol. The van der Waals surface area contributed by atoms with E-state index < -0.39 is 66.3 Å². The van der Waals surface area contributed by atoms with Crippen LogP contribution in [0.4, 0.5) is 0 Å². The molecule has 4 amide bonds. The van der Waals surface area contributed by atoms with Crippen molar-refractivity contribution in [2.45, 2.75) is 153 Å². The summed E-state index contributed by atoms with van der Waals surface area (Å²) in [6, 6.07) is -3.73. The molecular weight excluding hydrogens is 911 g/mol. The lowest BCUT2D eigenvalue weighted by molar-refractivity contribution is -0.143. The van der Waals surface area contributed by atoms with Crippen LogP contribution in [0.5, 0.6) is 0 Å². The molecule has 0 aromatic carbocycles. The summed E-state index contributed by atoms with van der Waals surface area (Å²) in [5.41, 5.74) is 0. The maximum atomic E-state index is 12.3. The standard InChI is InChI=1S/C46H79N5O18/c52-23-15-16-36(44(60)61)49-31-35(32-53)30-38(46(64)65)51-42(57)34-69-29-27-67-25-22-48-41(56)33-68-28-26-66-24-21-47-39(54)20-19-37(45(62)63)50-40(55)17-13-11-9-7-5-3-1-2-4-6-8-10-12-14-18-43(58)59/h23,32,35-38,49H,1-22,24-31,33-34H2,(H,47,54)(H,48,56)(H,50,55)(H,51,57)(H,58,59)(H,60,61)(H,62,63)(H,64,65)/t35?,36-,37-,38-/m0/s1. The van der Waals surface area contributed by atoms with E-state index in [2.05, 4.69) is 26.6 Å². The zero-order chi connectivity index (χ0) is 51.3. The molecule has 0 radical (unpaired) electrons. The average molecular weight is 990 g/mol. The van der Waals surface area contributed by atoms with Crippen LogP contribution in [0.15, 0.2) is 0 Å². The van der Waals surface area contributed by atoms with Crippen molar-refractivity contribution in [3.05, 3.63) is 0 Å². The van der Waals surface area contributed by atoms with E-state index in [1.165, 1.54) is 32.1 Å². The number of hydrogen-bond donors (Lipinski definition) is 9. The third kappa shape index (κ3) is 40.5. The van der Waals surface area contributed by atoms with Gasteiger partial charge in [-0.3, -0.25) is 28.8 Å². The van der Waals surface area contributed by atoms with Crippen molar-refractivity contribution < 1.29 is 87.3 Å². The first-order chi connectivity index (χ1) is 33.2. The van der Waals surface area contributed by atoms with Gasteiger partial charge in [-0.2, -0.15) is 0 Å². The molecule has 0 aromatic heterocycles. The Labute approximate surface area is 404 Å². The molecule has 0 aliphatic rings. The summed E-state index contributed by atoms with van der Waals surface area (Å²) < 4.78 is 21.1. The molecule has 23 heteroatoms. The molecule has 4 atom stereocenters. The number of hydrogen-bond acceptors (Lipinski definition) is 15. The first kappa shape index (κ1) is 63.9. The highest BCUT2D eigenvalue weighted by Gasteiger charge is 2.26. The second-order valence-corrected chi connectivity index (χ2v) is 16.5. The molecule has 9 N–H and O–H groups in total. The maximum Gasteiger partial charge on any atom is 0.326 e. The summed E-state index contributed by atoms with van der Waals surface area (Å²) >= 11 is 0. The fraction of sp³-hybridized carbons (Fsp3) is 0.783. The highest BCUT2D eigenvalue weighted by Crippen LogP contribution is 2.14. The summed E-state index contributed by atoms with van der Waals surface area (Å²) in [4.78, 5) is 116. The van der Waals surface area contributed by atoms with Gasteiger partial charge in [0.05, 0.1) is 39.6 Å². The van der Waals surface area contributed by atoms with E-state index in [0.29, 0.717) is 19.0 Å². The van der Waals surface area contributed by atoms with Crippen molar-refractivity contribution in [1.82, 2.24) is 26.6 Å². The molecule has 396 valence electrons. The minimum atomic E-state index is -1.45. The Hall–Kier alpha value is -5.10. The molecule has 69 heavy (non-hydrogen) atoms. The SMILES string of the molecule is O=CCC[C@H](NCC(C=O)C[C@H](NC(=O)COCCOCCNC(=O)COCCOCCNC(=O)CC[C@H](NC(=O)CCCCCCCCCCCCCCCCC(=O)O)C(=O)O)C(=O)O)C(=O)O. The summed E-state index contributed by atoms with van der Waals surface area (Å²) in [6.45, 7) is -0.0517. The van der Waals surface area contributed by atoms with Gasteiger partial charge in [0.15, 0.2) is 0 Å². The molecule has 0 rings (SSSR count). The molecule has 0 saturated carbocycles. The molecule has 0 saturated heterocycles. The Morgan fingerprint density at radius 1 is 0.449 bits per heavy atom. The van der Waals surface area contributed by atoms with Crippen LogP contribution in [0.25, 0.3) is 0 Å². The van der Waals surface area contributed by atoms with E-state index in [9.17, 15) is 63.3 Å². The maximum absolute atomic E-state index is 12.3. The molecule has 0 aromatic rings. The predicted octanol–water partition coefficient (Wildman–Crippen LogP) is 1.76. The monoisotopic (exact) mass is 990 g/mol. The van der Waals surface area contributed by atoms with E-state index in [4.69, 9.17) is 24.1 Å². The van der Waals surface area contributed by atoms with Gasteiger partial charge in [0, 0.05) is 51.2 Å². The van der Waals surface area contributed by atoms with Crippen LogP contribution in [0.1, 0.15) is 135 Å². The number of amides is 4. The van der Waals surface area contributed by atoms with Crippen LogP contribution in [-0.4, -0.2) is 171 Å². The lowest BCUT2D eigenvalue weighted by atomic mass is 10.00. The minimum Gasteiger partial charge on any atom is -0.481 e. The first-order valence-electron chi connectivity index (χ1n) is 24.2. The smallest absolute Gasteiger partial charge is 0.326 e. The number of carboxylic acids is 4. The van der Waals surface area contributed by atoms with Gasteiger partial charge in [0.2, 0.25) is 23.6 Å². The molecule has 0 fully saturated rings. The van der Waals surface area contributed by atoms with Crippen molar-refractivity contribution >= 4 is 60.1 Å². The van der Waals surface area contributed by atoms with Crippen LogP contribution >= 0.6 is 0 Å². The number of unbranched alkanes of at least 4 members (excludes halogenated alkanes) is 13. The topological polar surface area (TPSA) is 349 Å². The Morgan fingerprint density at radius 3 is 1.38 bits per heavy atom. The second-order valence-electron chi connectivity index (χ2n) is 16.5. The number of rotatable bonds is 50. The molecule has 23 nitrogen and oxygen atoms in total. The quantitative estimate of drug-likeness (QED) is 0.0310. The van der Waals surface area contributed by atoms with Crippen molar-refractivity contribution in [2.75, 3.05) is 72.5 Å². The largest absolute Gasteiger partial charge is 0.481 e. The molecular formula is C46H79N5O18. The summed E-state index contributed by atoms with van der Waals surface area (Å²) in [5.74, 6) is -7.42. The molecule has 1 unspecified atom stereocenters. The van der Waals surface area contributed by atoms with Gasteiger partial charge in [-0.15, -0.1) is 0 Å². The molecule has 0 bridgehead atoms. The lowest BCUT2D eigenvalue weighted by Gasteiger charge is -2.20. The van der Waals surface area contributed by atoms with Gasteiger partial charge in [-0.05, 0) is 32.1 Å². The van der Waals surface area contributed by atoms with E-state index in [1.807, 2.05) is 0 Å². The van der Waals surface area contributed by atoms with Crippen LogP contribution < -0.4 is 26.6 Å². The van der Waals surface area contributed by atoms with E-state index in [0.717, 1.165) is 51.4 Å². The van der Waals surface area contributed by atoms with E-state index in [-0.39, 0.29) is 123 Å². The zero-order valence-electron chi connectivity index (χ0n) is 40.1. The molecule has 0 aliphatic carbocycles. The molecule has 0 aliphatic heterocycles. The number of aliphatic carboxylic acids is 4. The van der Waals surface area contributed by atoms with Crippen molar-refractivity contribution in [3.63, 3.8) is 0 Å². The van der Waals surface area contributed by atoms with Gasteiger partial charge < -0.3 is 75.5 Å². The third-order valence-electron chi connectivity index (χ3n) is 10.5. The average Bonchev–Trinajstić information content (AvgIpc) is 3.30. The van der Waals surface area contributed by atoms with Crippen molar-refractivity contribution in [3.8, 4) is 0 Å². The lowest BCUT2D eigenvalue weighted by Crippen LogP contribution is -2.46. The van der Waals surface area contributed by atoms with Gasteiger partial charge in [-0.25, -0.2) is 9.59 Å². The number of carbonyl (C=O) groups is 10. The van der Waals surface area contributed by atoms with Gasteiger partial charge in [0.1, 0.15) is 43.9 Å². The molecule has 0 spiro atoms. The highest BCUT2D eigenvalue weighted by atomic mass is 16.5. The normalized spacial score (nSPS) is 12.8. The Balaban J connectivity index is 3.88. The van der Waals surface area contributed by atoms with Crippen molar-refractivity contribution in [1.29, 1.82) is 0 Å². The summed E-state index contributed by atoms with van der Waals surface area (Å²) in [6.07, 6.45) is 15.8. The van der Waals surface area contributed by atoms with Crippen LogP contribution in [0, 0.1) is 5.92 Å². The van der Waals surface area contributed by atoms with Gasteiger partial charge >= 0.3 is 23.9 Å². The number of carboxylic acid groups (broad SMARTS) is 4. The van der Waals surface area contributed by atoms with Crippen molar-refractivity contribution in [2.24, 2.45) is 5.92 Å². The molecule has 0 heterocycles. The van der Waals surface area contributed by atoms with Gasteiger partial charge in [0.25, 0.3) is 0 Å². The fourth-order valence-corrected chi connectivity index (χ4v) is 6.71. The Bertz CT molecular complexity index is 1490. The Kier molecular flexibility index (Phi) is 40.9. The second kappa shape index (κ2) is 44.1. The van der Waals surface area contributed by atoms with Gasteiger partial charge in [-0.1, -0.05) is 77.0 Å². The zero-order valence-corrected chi connectivity index (χ0v) is 40.1. The minimum absolute atomic E-state index is 0.0106. The summed E-state index contributed by atoms with van der Waals surface area (Å²) in [5, 5.41) is 49.5. The number of nitrogens with one attached hydrogen (secondary N) is 5. The number of carbonyl (C=O) groups excluding carboxylic acids is 6. The first-order valence-corrected chi connectivity index (χ1v) is 24.2. The van der Waals surface area contributed by atoms with E-state index in [1.54, 1.807) is 0 Å². The van der Waals surface area contributed by atoms with Crippen LogP contribution in [0.2, 0.25) is 0 Å². The summed E-state index contributed by atoms with van der Waals surface area (Å²) in [7, 11) is 0. The third-order valence-corrected chi connectivity index (χ3v) is 10.5.